The van der Waals surface area contributed by atoms with Crippen LogP contribution in [0.25, 0.3) is 0 Å². The molecule has 2 rings (SSSR count). The van der Waals surface area contributed by atoms with Gasteiger partial charge in [0.05, 0.1) is 12.3 Å². The van der Waals surface area contributed by atoms with Gasteiger partial charge in [0, 0.05) is 20.2 Å². The van der Waals surface area contributed by atoms with Gasteiger partial charge in [-0.15, -0.1) is 0 Å². The summed E-state index contributed by atoms with van der Waals surface area (Å²) in [6.45, 7) is 1.62. The molecule has 2 N–H and O–H groups in total. The van der Waals surface area contributed by atoms with E-state index in [-0.39, 0.29) is 12.1 Å². The fraction of sp³-hybridized carbons (Fsp3) is 0.600. The molecule has 1 atom stereocenters. The van der Waals surface area contributed by atoms with Crippen LogP contribution >= 0.6 is 11.6 Å². The molecule has 0 saturated carbocycles. The Bertz CT molecular complexity index is 368. The molecule has 0 amide bonds. The second kappa shape index (κ2) is 4.84. The standard InChI is InChI=1S/C10H15ClN4O/c1-15(6-7-3-2-4-16-7)9-8(11)5-13-10(12)14-9/h5,7H,2-4,6H2,1H3,(H2,12,13,14). The van der Waals surface area contributed by atoms with Crippen molar-refractivity contribution in [3.05, 3.63) is 11.2 Å². The van der Waals surface area contributed by atoms with E-state index in [0.717, 1.165) is 26.0 Å². The molecule has 5 nitrogen and oxygen atoms in total. The van der Waals surface area contributed by atoms with E-state index in [0.29, 0.717) is 10.8 Å². The molecule has 1 saturated heterocycles. The molecule has 16 heavy (non-hydrogen) atoms. The molecule has 1 unspecified atom stereocenters. The number of hydrogen-bond acceptors (Lipinski definition) is 5. The molecule has 1 fully saturated rings. The number of nitrogen functional groups attached to an aromatic ring is 1. The van der Waals surface area contributed by atoms with Gasteiger partial charge < -0.3 is 15.4 Å². The average molecular weight is 243 g/mol. The number of ether oxygens (including phenoxy) is 1. The highest BCUT2D eigenvalue weighted by atomic mass is 35.5. The first-order valence-electron chi connectivity index (χ1n) is 5.27. The van der Waals surface area contributed by atoms with Crippen LogP contribution in [0.4, 0.5) is 11.8 Å². The topological polar surface area (TPSA) is 64.3 Å². The van der Waals surface area contributed by atoms with Crippen molar-refractivity contribution in [1.82, 2.24) is 9.97 Å². The number of likely N-dealkylation sites (N-methyl/N-ethyl adjacent to an activating group) is 1. The SMILES string of the molecule is CN(CC1CCCO1)c1nc(N)ncc1Cl. The largest absolute Gasteiger partial charge is 0.376 e. The first-order chi connectivity index (χ1) is 7.66. The van der Waals surface area contributed by atoms with Crippen LogP contribution in [0, 0.1) is 0 Å². The van der Waals surface area contributed by atoms with E-state index in [1.165, 1.54) is 6.20 Å². The van der Waals surface area contributed by atoms with Crippen LogP contribution in [0.15, 0.2) is 6.20 Å². The van der Waals surface area contributed by atoms with Gasteiger partial charge in [0.2, 0.25) is 5.95 Å². The normalized spacial score (nSPS) is 20.0. The van der Waals surface area contributed by atoms with Crippen molar-refractivity contribution >= 4 is 23.4 Å². The minimum atomic E-state index is 0.235. The third kappa shape index (κ3) is 2.54. The minimum Gasteiger partial charge on any atom is -0.376 e. The summed E-state index contributed by atoms with van der Waals surface area (Å²) in [5.74, 6) is 0.892. The molecule has 1 aromatic heterocycles. The second-order valence-corrected chi connectivity index (χ2v) is 4.32. The van der Waals surface area contributed by atoms with E-state index in [1.807, 2.05) is 11.9 Å². The van der Waals surface area contributed by atoms with Gasteiger partial charge in [0.1, 0.15) is 5.02 Å². The Hall–Kier alpha value is -1.07. The molecule has 1 aliphatic rings. The number of nitrogens with zero attached hydrogens (tertiary/aromatic N) is 3. The van der Waals surface area contributed by atoms with Gasteiger partial charge >= 0.3 is 0 Å². The number of anilines is 2. The Balaban J connectivity index is 2.07. The van der Waals surface area contributed by atoms with E-state index < -0.39 is 0 Å². The van der Waals surface area contributed by atoms with Crippen LogP contribution in [-0.4, -0.2) is 36.3 Å². The van der Waals surface area contributed by atoms with Crippen molar-refractivity contribution in [3.8, 4) is 0 Å². The van der Waals surface area contributed by atoms with E-state index in [1.54, 1.807) is 0 Å². The van der Waals surface area contributed by atoms with Crippen LogP contribution in [0.2, 0.25) is 5.02 Å². The summed E-state index contributed by atoms with van der Waals surface area (Å²) in [6.07, 6.45) is 3.99. The number of halogens is 1. The van der Waals surface area contributed by atoms with Gasteiger partial charge in [-0.1, -0.05) is 11.6 Å². The number of rotatable bonds is 3. The zero-order valence-corrected chi connectivity index (χ0v) is 9.94. The molecule has 6 heteroatoms. The lowest BCUT2D eigenvalue weighted by atomic mass is 10.2. The summed E-state index contributed by atoms with van der Waals surface area (Å²) in [5.41, 5.74) is 5.53. The number of nitrogens with two attached hydrogens (primary N) is 1. The van der Waals surface area contributed by atoms with Crippen LogP contribution in [-0.2, 0) is 4.74 Å². The number of hydrogen-bond donors (Lipinski definition) is 1. The molecular weight excluding hydrogens is 228 g/mol. The molecule has 0 aromatic carbocycles. The molecule has 1 aliphatic heterocycles. The van der Waals surface area contributed by atoms with Gasteiger partial charge in [0.15, 0.2) is 5.82 Å². The first-order valence-corrected chi connectivity index (χ1v) is 5.65. The van der Waals surface area contributed by atoms with Crippen molar-refractivity contribution in [2.75, 3.05) is 30.8 Å². The van der Waals surface area contributed by atoms with Gasteiger partial charge in [-0.2, -0.15) is 4.98 Å². The van der Waals surface area contributed by atoms with E-state index in [9.17, 15) is 0 Å². The first kappa shape index (κ1) is 11.4. The van der Waals surface area contributed by atoms with Crippen LogP contribution in [0.3, 0.4) is 0 Å². The zero-order chi connectivity index (χ0) is 11.5. The van der Waals surface area contributed by atoms with E-state index >= 15 is 0 Å². The lowest BCUT2D eigenvalue weighted by molar-refractivity contribution is 0.116. The van der Waals surface area contributed by atoms with Gasteiger partial charge in [0.25, 0.3) is 0 Å². The molecule has 1 aromatic rings. The maximum absolute atomic E-state index is 6.01. The second-order valence-electron chi connectivity index (χ2n) is 3.92. The minimum absolute atomic E-state index is 0.235. The highest BCUT2D eigenvalue weighted by Crippen LogP contribution is 2.23. The molecule has 0 spiro atoms. The molecular formula is C10H15ClN4O. The van der Waals surface area contributed by atoms with Gasteiger partial charge in [-0.3, -0.25) is 0 Å². The Morgan fingerprint density at radius 1 is 1.69 bits per heavy atom. The molecule has 0 aliphatic carbocycles. The maximum Gasteiger partial charge on any atom is 0.222 e. The summed E-state index contributed by atoms with van der Waals surface area (Å²) in [7, 11) is 1.93. The Morgan fingerprint density at radius 3 is 3.19 bits per heavy atom. The van der Waals surface area contributed by atoms with Gasteiger partial charge in [-0.25, -0.2) is 4.98 Å². The Kier molecular flexibility index (Phi) is 3.46. The van der Waals surface area contributed by atoms with Crippen LogP contribution < -0.4 is 10.6 Å². The predicted octanol–water partition coefficient (Wildman–Crippen LogP) is 1.33. The van der Waals surface area contributed by atoms with Crippen molar-refractivity contribution in [2.45, 2.75) is 18.9 Å². The van der Waals surface area contributed by atoms with Crippen LogP contribution in [0.5, 0.6) is 0 Å². The summed E-state index contributed by atoms with van der Waals surface area (Å²) in [4.78, 5) is 9.90. The van der Waals surface area contributed by atoms with Crippen molar-refractivity contribution in [1.29, 1.82) is 0 Å². The van der Waals surface area contributed by atoms with Gasteiger partial charge in [-0.05, 0) is 12.8 Å². The van der Waals surface area contributed by atoms with E-state index in [4.69, 9.17) is 22.1 Å². The monoisotopic (exact) mass is 242 g/mol. The molecule has 88 valence electrons. The zero-order valence-electron chi connectivity index (χ0n) is 9.19. The quantitative estimate of drug-likeness (QED) is 0.866. The summed E-state index contributed by atoms with van der Waals surface area (Å²) in [5, 5.41) is 0.509. The molecule has 2 heterocycles. The Labute approximate surface area is 99.6 Å². The molecule has 0 radical (unpaired) electrons. The van der Waals surface area contributed by atoms with Crippen molar-refractivity contribution < 1.29 is 4.74 Å². The fourth-order valence-electron chi connectivity index (χ4n) is 1.82. The highest BCUT2D eigenvalue weighted by molar-refractivity contribution is 6.32. The highest BCUT2D eigenvalue weighted by Gasteiger charge is 2.19. The van der Waals surface area contributed by atoms with Crippen LogP contribution in [0.1, 0.15) is 12.8 Å². The van der Waals surface area contributed by atoms with E-state index in [2.05, 4.69) is 9.97 Å². The maximum atomic E-state index is 6.01. The Morgan fingerprint density at radius 2 is 2.50 bits per heavy atom. The summed E-state index contributed by atoms with van der Waals surface area (Å²) in [6, 6.07) is 0. The number of aromatic nitrogens is 2. The average Bonchev–Trinajstić information content (AvgIpc) is 2.74. The summed E-state index contributed by atoms with van der Waals surface area (Å²) < 4.78 is 5.56. The van der Waals surface area contributed by atoms with Crippen molar-refractivity contribution in [3.63, 3.8) is 0 Å². The van der Waals surface area contributed by atoms with Crippen molar-refractivity contribution in [2.24, 2.45) is 0 Å². The predicted molar refractivity (Wildman–Crippen MR) is 63.7 cm³/mol. The third-order valence-electron chi connectivity index (χ3n) is 2.61. The summed E-state index contributed by atoms with van der Waals surface area (Å²) >= 11 is 6.01. The fourth-order valence-corrected chi connectivity index (χ4v) is 2.05. The lowest BCUT2D eigenvalue weighted by Gasteiger charge is -2.22. The molecule has 0 bridgehead atoms. The third-order valence-corrected chi connectivity index (χ3v) is 2.87. The smallest absolute Gasteiger partial charge is 0.222 e. The lowest BCUT2D eigenvalue weighted by Crippen LogP contribution is -2.29.